The topological polar surface area (TPSA) is 64.5 Å². The van der Waals surface area contributed by atoms with Gasteiger partial charge in [-0.25, -0.2) is 4.98 Å². The van der Waals surface area contributed by atoms with Crippen molar-refractivity contribution < 1.29 is 0 Å². The Morgan fingerprint density at radius 1 is 1.10 bits per heavy atom. The van der Waals surface area contributed by atoms with E-state index in [2.05, 4.69) is 21.4 Å². The summed E-state index contributed by atoms with van der Waals surface area (Å²) >= 11 is 5.13. The molecule has 4 nitrogen and oxygen atoms in total. The molecule has 3 rings (SSSR count). The van der Waals surface area contributed by atoms with Gasteiger partial charge in [0.25, 0.3) is 0 Å². The van der Waals surface area contributed by atoms with Crippen molar-refractivity contribution in [2.75, 3.05) is 5.32 Å². The van der Waals surface area contributed by atoms with Gasteiger partial charge in [0.05, 0.1) is 16.8 Å². The Balaban J connectivity index is 2.16. The maximum Gasteiger partial charge on any atom is 0.199 e. The van der Waals surface area contributed by atoms with E-state index >= 15 is 0 Å². The summed E-state index contributed by atoms with van der Waals surface area (Å²) in [5.41, 5.74) is 2.19. The van der Waals surface area contributed by atoms with E-state index in [9.17, 15) is 0 Å². The standard InChI is InChI=1S/C15H10N4S/c16-9-10-5-1-3-7-12(10)17-14-11-6-2-4-8-13(11)18-15(20)19-14/h1-8H,(H2,17,18,19,20). The van der Waals surface area contributed by atoms with Crippen LogP contribution >= 0.6 is 12.2 Å². The van der Waals surface area contributed by atoms with Crippen molar-refractivity contribution >= 4 is 34.6 Å². The Morgan fingerprint density at radius 2 is 1.85 bits per heavy atom. The molecule has 0 saturated carbocycles. The predicted molar refractivity (Wildman–Crippen MR) is 81.4 cm³/mol. The highest BCUT2D eigenvalue weighted by atomic mass is 32.1. The first-order valence-corrected chi connectivity index (χ1v) is 6.44. The summed E-state index contributed by atoms with van der Waals surface area (Å²) < 4.78 is 0.403. The van der Waals surface area contributed by atoms with Gasteiger partial charge in [-0.15, -0.1) is 0 Å². The number of benzene rings is 2. The van der Waals surface area contributed by atoms with Gasteiger partial charge in [0, 0.05) is 5.39 Å². The molecule has 0 unspecified atom stereocenters. The minimum Gasteiger partial charge on any atom is -0.338 e. The molecule has 0 aliphatic carbocycles. The van der Waals surface area contributed by atoms with Crippen LogP contribution in [0.25, 0.3) is 10.9 Å². The van der Waals surface area contributed by atoms with Crippen LogP contribution in [0, 0.1) is 16.1 Å². The second kappa shape index (κ2) is 5.11. The quantitative estimate of drug-likeness (QED) is 0.698. The molecule has 0 bridgehead atoms. The maximum absolute atomic E-state index is 9.13. The molecule has 0 aliphatic heterocycles. The number of H-pyrrole nitrogens is 1. The second-order valence-corrected chi connectivity index (χ2v) is 4.61. The molecule has 0 radical (unpaired) electrons. The molecular formula is C15H10N4S. The summed E-state index contributed by atoms with van der Waals surface area (Å²) in [7, 11) is 0. The number of nitrogens with zero attached hydrogens (tertiary/aromatic N) is 2. The molecule has 0 amide bonds. The van der Waals surface area contributed by atoms with E-state index in [-0.39, 0.29) is 0 Å². The van der Waals surface area contributed by atoms with Crippen LogP contribution in [0.2, 0.25) is 0 Å². The molecule has 2 aromatic carbocycles. The molecule has 0 spiro atoms. The summed E-state index contributed by atoms with van der Waals surface area (Å²) in [4.78, 5) is 7.35. The first-order chi connectivity index (χ1) is 9.78. The smallest absolute Gasteiger partial charge is 0.199 e. The molecule has 2 N–H and O–H groups in total. The largest absolute Gasteiger partial charge is 0.338 e. The SMILES string of the molecule is N#Cc1ccccc1Nc1nc(=S)[nH]c2ccccc12. The van der Waals surface area contributed by atoms with Crippen LogP contribution < -0.4 is 5.32 Å². The number of aromatic nitrogens is 2. The summed E-state index contributed by atoms with van der Waals surface area (Å²) in [6, 6.07) is 17.2. The number of hydrogen-bond acceptors (Lipinski definition) is 4. The first kappa shape index (κ1) is 12.3. The van der Waals surface area contributed by atoms with Crippen LogP contribution in [0.15, 0.2) is 48.5 Å². The fraction of sp³-hybridized carbons (Fsp3) is 0. The maximum atomic E-state index is 9.13. The fourth-order valence-corrected chi connectivity index (χ4v) is 2.22. The zero-order chi connectivity index (χ0) is 13.9. The van der Waals surface area contributed by atoms with Gasteiger partial charge in [0.1, 0.15) is 11.9 Å². The number of hydrogen-bond donors (Lipinski definition) is 2. The van der Waals surface area contributed by atoms with E-state index in [0.29, 0.717) is 21.8 Å². The van der Waals surface area contributed by atoms with Crippen LogP contribution in [0.5, 0.6) is 0 Å². The summed E-state index contributed by atoms with van der Waals surface area (Å²) in [6.45, 7) is 0. The Bertz CT molecular complexity index is 877. The third-order valence-electron chi connectivity index (χ3n) is 2.94. The third kappa shape index (κ3) is 2.25. The molecule has 96 valence electrons. The Morgan fingerprint density at radius 3 is 2.70 bits per heavy atom. The zero-order valence-corrected chi connectivity index (χ0v) is 11.2. The second-order valence-electron chi connectivity index (χ2n) is 4.22. The van der Waals surface area contributed by atoms with Gasteiger partial charge in [0.2, 0.25) is 0 Å². The lowest BCUT2D eigenvalue weighted by molar-refractivity contribution is 1.18. The van der Waals surface area contributed by atoms with Gasteiger partial charge in [-0.3, -0.25) is 0 Å². The van der Waals surface area contributed by atoms with E-state index < -0.39 is 0 Å². The van der Waals surface area contributed by atoms with Gasteiger partial charge in [-0.2, -0.15) is 5.26 Å². The summed E-state index contributed by atoms with van der Waals surface area (Å²) in [5.74, 6) is 0.645. The average molecular weight is 278 g/mol. The normalized spacial score (nSPS) is 10.2. The number of anilines is 2. The highest BCUT2D eigenvalue weighted by molar-refractivity contribution is 7.71. The van der Waals surface area contributed by atoms with Crippen LogP contribution in [0.3, 0.4) is 0 Å². The Kier molecular flexibility index (Phi) is 3.15. The van der Waals surface area contributed by atoms with Crippen molar-refractivity contribution in [2.45, 2.75) is 0 Å². The van der Waals surface area contributed by atoms with Crippen LogP contribution in [0.1, 0.15) is 5.56 Å². The van der Waals surface area contributed by atoms with E-state index in [4.69, 9.17) is 17.5 Å². The Hall–Kier alpha value is -2.71. The van der Waals surface area contributed by atoms with Crippen molar-refractivity contribution in [3.05, 3.63) is 58.9 Å². The summed E-state index contributed by atoms with van der Waals surface area (Å²) in [6.07, 6.45) is 0. The van der Waals surface area contributed by atoms with Crippen molar-refractivity contribution in [1.82, 2.24) is 9.97 Å². The van der Waals surface area contributed by atoms with Crippen LogP contribution in [0.4, 0.5) is 11.5 Å². The van der Waals surface area contributed by atoms with Crippen molar-refractivity contribution in [3.8, 4) is 6.07 Å². The van der Waals surface area contributed by atoms with E-state index in [1.165, 1.54) is 0 Å². The average Bonchev–Trinajstić information content (AvgIpc) is 2.47. The highest BCUT2D eigenvalue weighted by Crippen LogP contribution is 2.24. The number of fused-ring (bicyclic) bond motifs is 1. The summed E-state index contributed by atoms with van der Waals surface area (Å²) in [5, 5.41) is 13.2. The third-order valence-corrected chi connectivity index (χ3v) is 3.13. The van der Waals surface area contributed by atoms with E-state index in [1.54, 1.807) is 6.07 Å². The lowest BCUT2D eigenvalue weighted by Gasteiger charge is -2.09. The highest BCUT2D eigenvalue weighted by Gasteiger charge is 2.06. The molecule has 0 saturated heterocycles. The number of nitrogens with one attached hydrogen (secondary N) is 2. The predicted octanol–water partition coefficient (Wildman–Crippen LogP) is 3.91. The molecule has 0 fully saturated rings. The van der Waals surface area contributed by atoms with Gasteiger partial charge >= 0.3 is 0 Å². The number of nitriles is 1. The number of rotatable bonds is 2. The number of aromatic amines is 1. The van der Waals surface area contributed by atoms with Crippen molar-refractivity contribution in [1.29, 1.82) is 5.26 Å². The molecule has 0 atom stereocenters. The minimum absolute atomic E-state index is 0.403. The lowest BCUT2D eigenvalue weighted by Crippen LogP contribution is -1.98. The first-order valence-electron chi connectivity index (χ1n) is 6.03. The van der Waals surface area contributed by atoms with Crippen molar-refractivity contribution in [2.24, 2.45) is 0 Å². The molecule has 5 heteroatoms. The monoisotopic (exact) mass is 278 g/mol. The lowest BCUT2D eigenvalue weighted by atomic mass is 10.2. The molecule has 0 aliphatic rings. The van der Waals surface area contributed by atoms with Crippen LogP contribution in [-0.4, -0.2) is 9.97 Å². The zero-order valence-electron chi connectivity index (χ0n) is 10.4. The molecular weight excluding hydrogens is 268 g/mol. The molecule has 20 heavy (non-hydrogen) atoms. The van der Waals surface area contributed by atoms with Gasteiger partial charge in [0.15, 0.2) is 4.77 Å². The van der Waals surface area contributed by atoms with Gasteiger partial charge in [-0.1, -0.05) is 24.3 Å². The molecule has 1 aromatic heterocycles. The fourth-order valence-electron chi connectivity index (χ4n) is 2.02. The van der Waals surface area contributed by atoms with Crippen LogP contribution in [-0.2, 0) is 0 Å². The van der Waals surface area contributed by atoms with E-state index in [1.807, 2.05) is 42.5 Å². The molecule has 1 heterocycles. The minimum atomic E-state index is 0.403. The van der Waals surface area contributed by atoms with Crippen molar-refractivity contribution in [3.63, 3.8) is 0 Å². The van der Waals surface area contributed by atoms with E-state index in [0.717, 1.165) is 10.9 Å². The molecule has 3 aromatic rings. The van der Waals surface area contributed by atoms with Gasteiger partial charge < -0.3 is 10.3 Å². The van der Waals surface area contributed by atoms with Gasteiger partial charge in [-0.05, 0) is 36.5 Å². The number of para-hydroxylation sites is 2. The Labute approximate surface area is 120 Å².